The van der Waals surface area contributed by atoms with Crippen LogP contribution in [-0.4, -0.2) is 49.9 Å². The third kappa shape index (κ3) is 4.76. The Balaban J connectivity index is 1.58. The average Bonchev–Trinajstić information content (AvgIpc) is 2.77. The number of thioether (sulfide) groups is 1. The van der Waals surface area contributed by atoms with Gasteiger partial charge in [0, 0.05) is 23.7 Å². The van der Waals surface area contributed by atoms with Crippen molar-refractivity contribution in [2.45, 2.75) is 29.1 Å². The molecule has 0 aliphatic carbocycles. The molecule has 10 heteroatoms. The minimum atomic E-state index is -3.67. The molecule has 2 aliphatic rings. The van der Waals surface area contributed by atoms with Crippen LogP contribution in [0.2, 0.25) is 0 Å². The Kier molecular flexibility index (Phi) is 6.31. The minimum Gasteiger partial charge on any atom is -0.325 e. The number of carbonyl (C=O) groups is 2. The first kappa shape index (κ1) is 21.8. The molecule has 1 N–H and O–H groups in total. The molecular formula is C21H22FN3O4S2. The zero-order valence-electron chi connectivity index (χ0n) is 16.7. The lowest BCUT2D eigenvalue weighted by Gasteiger charge is -2.30. The van der Waals surface area contributed by atoms with Crippen LogP contribution in [0.3, 0.4) is 0 Å². The maximum atomic E-state index is 13.1. The van der Waals surface area contributed by atoms with E-state index in [1.807, 2.05) is 0 Å². The van der Waals surface area contributed by atoms with Gasteiger partial charge in [-0.2, -0.15) is 4.31 Å². The number of rotatable bonds is 5. The maximum absolute atomic E-state index is 13.1. The molecule has 0 saturated carbocycles. The highest BCUT2D eigenvalue weighted by Gasteiger charge is 2.31. The maximum Gasteiger partial charge on any atom is 0.244 e. The van der Waals surface area contributed by atoms with Gasteiger partial charge in [-0.15, -0.1) is 11.8 Å². The summed E-state index contributed by atoms with van der Waals surface area (Å²) in [6.07, 6.45) is 2.67. The second kappa shape index (κ2) is 8.97. The topological polar surface area (TPSA) is 86.8 Å². The summed E-state index contributed by atoms with van der Waals surface area (Å²) >= 11 is 1.32. The first-order valence-electron chi connectivity index (χ1n) is 9.97. The molecule has 0 atom stereocenters. The van der Waals surface area contributed by atoms with Crippen molar-refractivity contribution in [2.75, 3.05) is 35.6 Å². The van der Waals surface area contributed by atoms with Crippen molar-refractivity contribution >= 4 is 45.0 Å². The molecule has 0 spiro atoms. The molecule has 2 aromatic rings. The van der Waals surface area contributed by atoms with E-state index in [9.17, 15) is 22.4 Å². The molecular weight excluding hydrogens is 441 g/mol. The molecule has 1 saturated heterocycles. The molecule has 0 radical (unpaired) electrons. The molecule has 1 fully saturated rings. The van der Waals surface area contributed by atoms with Crippen molar-refractivity contribution in [2.24, 2.45) is 0 Å². The largest absolute Gasteiger partial charge is 0.325 e. The second-order valence-electron chi connectivity index (χ2n) is 7.42. The number of benzene rings is 2. The summed E-state index contributed by atoms with van der Waals surface area (Å²) in [5.41, 5.74) is 0.820. The highest BCUT2D eigenvalue weighted by atomic mass is 32.2. The van der Waals surface area contributed by atoms with E-state index in [0.717, 1.165) is 24.2 Å². The van der Waals surface area contributed by atoms with Crippen molar-refractivity contribution in [3.63, 3.8) is 0 Å². The van der Waals surface area contributed by atoms with E-state index in [1.54, 1.807) is 12.1 Å². The Morgan fingerprint density at radius 1 is 1.06 bits per heavy atom. The molecule has 2 aromatic carbocycles. The van der Waals surface area contributed by atoms with Crippen molar-refractivity contribution in [3.8, 4) is 0 Å². The highest BCUT2D eigenvalue weighted by Crippen LogP contribution is 2.37. The van der Waals surface area contributed by atoms with E-state index in [2.05, 4.69) is 5.32 Å². The van der Waals surface area contributed by atoms with Gasteiger partial charge in [0.15, 0.2) is 0 Å². The monoisotopic (exact) mass is 463 g/mol. The van der Waals surface area contributed by atoms with Gasteiger partial charge in [0.25, 0.3) is 0 Å². The van der Waals surface area contributed by atoms with E-state index in [-0.39, 0.29) is 23.1 Å². The van der Waals surface area contributed by atoms with E-state index in [1.165, 1.54) is 51.3 Å². The average molecular weight is 464 g/mol. The number of carbonyl (C=O) groups excluding carboxylic acids is 2. The number of amides is 2. The zero-order chi connectivity index (χ0) is 22.0. The molecule has 2 aliphatic heterocycles. The van der Waals surface area contributed by atoms with Crippen molar-refractivity contribution in [1.29, 1.82) is 0 Å². The summed E-state index contributed by atoms with van der Waals surface area (Å²) in [5.74, 6) is -0.992. The van der Waals surface area contributed by atoms with Gasteiger partial charge >= 0.3 is 0 Å². The van der Waals surface area contributed by atoms with Gasteiger partial charge in [-0.25, -0.2) is 12.8 Å². The van der Waals surface area contributed by atoms with Gasteiger partial charge in [-0.1, -0.05) is 6.42 Å². The van der Waals surface area contributed by atoms with Gasteiger partial charge in [-0.3, -0.25) is 9.59 Å². The highest BCUT2D eigenvalue weighted by molar-refractivity contribution is 8.00. The number of nitrogens with one attached hydrogen (secondary N) is 1. The van der Waals surface area contributed by atoms with E-state index >= 15 is 0 Å². The van der Waals surface area contributed by atoms with Crippen LogP contribution in [0.15, 0.2) is 52.3 Å². The van der Waals surface area contributed by atoms with Gasteiger partial charge in [0.1, 0.15) is 12.4 Å². The molecule has 2 amide bonds. The summed E-state index contributed by atoms with van der Waals surface area (Å²) in [5, 5.41) is 2.63. The summed E-state index contributed by atoms with van der Waals surface area (Å²) in [4.78, 5) is 27.3. The number of sulfonamides is 1. The summed E-state index contributed by atoms with van der Waals surface area (Å²) in [6, 6.07) is 10.0. The Bertz CT molecular complexity index is 1100. The van der Waals surface area contributed by atoms with E-state index in [0.29, 0.717) is 24.5 Å². The van der Waals surface area contributed by atoms with Crippen LogP contribution in [-0.2, 0) is 19.6 Å². The number of piperidine rings is 1. The molecule has 0 unspecified atom stereocenters. The van der Waals surface area contributed by atoms with Crippen LogP contribution in [0.1, 0.15) is 19.3 Å². The summed E-state index contributed by atoms with van der Waals surface area (Å²) < 4.78 is 40.7. The number of halogens is 1. The van der Waals surface area contributed by atoms with Crippen LogP contribution in [0.5, 0.6) is 0 Å². The SMILES string of the molecule is O=C(CN1C(=O)CSc2ccc(S(=O)(=O)N3CCCCC3)cc21)Nc1ccc(F)cc1. The van der Waals surface area contributed by atoms with E-state index < -0.39 is 21.7 Å². The molecule has 2 heterocycles. The predicted molar refractivity (Wildman–Crippen MR) is 117 cm³/mol. The fourth-order valence-electron chi connectivity index (χ4n) is 3.65. The zero-order valence-corrected chi connectivity index (χ0v) is 18.3. The summed E-state index contributed by atoms with van der Waals surface area (Å²) in [7, 11) is -3.67. The quantitative estimate of drug-likeness (QED) is 0.737. The van der Waals surface area contributed by atoms with Crippen molar-refractivity contribution < 1.29 is 22.4 Å². The molecule has 164 valence electrons. The fraction of sp³-hybridized carbons (Fsp3) is 0.333. The van der Waals surface area contributed by atoms with Crippen LogP contribution < -0.4 is 10.2 Å². The third-order valence-corrected chi connectivity index (χ3v) is 8.20. The normalized spacial score (nSPS) is 17.3. The summed E-state index contributed by atoms with van der Waals surface area (Å²) in [6.45, 7) is 0.699. The first-order valence-corrected chi connectivity index (χ1v) is 12.4. The van der Waals surface area contributed by atoms with Crippen molar-refractivity contribution in [1.82, 2.24) is 4.31 Å². The predicted octanol–water partition coefficient (Wildman–Crippen LogP) is 3.08. The standard InChI is InChI=1S/C21H22FN3O4S2/c22-15-4-6-16(7-5-15)23-20(26)13-25-18-12-17(8-9-19(18)30-14-21(25)27)31(28,29)24-10-2-1-3-11-24/h4-9,12H,1-3,10-11,13-14H2,(H,23,26). The third-order valence-electron chi connectivity index (χ3n) is 5.26. The second-order valence-corrected chi connectivity index (χ2v) is 10.4. The fourth-order valence-corrected chi connectivity index (χ4v) is 6.10. The molecule has 0 bridgehead atoms. The Morgan fingerprint density at radius 3 is 2.48 bits per heavy atom. The van der Waals surface area contributed by atoms with Gasteiger partial charge in [0.2, 0.25) is 21.8 Å². The van der Waals surface area contributed by atoms with Gasteiger partial charge in [-0.05, 0) is 55.3 Å². The lowest BCUT2D eigenvalue weighted by molar-refractivity contribution is -0.120. The Labute approximate surface area is 184 Å². The Hall–Kier alpha value is -2.43. The van der Waals surface area contributed by atoms with Crippen LogP contribution in [0, 0.1) is 5.82 Å². The molecule has 7 nitrogen and oxygen atoms in total. The van der Waals surface area contributed by atoms with Gasteiger partial charge in [0.05, 0.1) is 16.3 Å². The molecule has 4 rings (SSSR count). The van der Waals surface area contributed by atoms with Gasteiger partial charge < -0.3 is 10.2 Å². The molecule has 31 heavy (non-hydrogen) atoms. The van der Waals surface area contributed by atoms with Crippen LogP contribution in [0.25, 0.3) is 0 Å². The lowest BCUT2D eigenvalue weighted by Crippen LogP contribution is -2.41. The molecule has 0 aromatic heterocycles. The number of nitrogens with zero attached hydrogens (tertiary/aromatic N) is 2. The number of hydrogen-bond donors (Lipinski definition) is 1. The van der Waals surface area contributed by atoms with Crippen LogP contribution in [0.4, 0.5) is 15.8 Å². The van der Waals surface area contributed by atoms with E-state index in [4.69, 9.17) is 0 Å². The number of anilines is 2. The minimum absolute atomic E-state index is 0.118. The van der Waals surface area contributed by atoms with Crippen molar-refractivity contribution in [3.05, 3.63) is 48.3 Å². The first-order chi connectivity index (χ1) is 14.8. The smallest absolute Gasteiger partial charge is 0.244 e. The number of fused-ring (bicyclic) bond motifs is 1. The van der Waals surface area contributed by atoms with Crippen LogP contribution >= 0.6 is 11.8 Å². The number of hydrogen-bond acceptors (Lipinski definition) is 5. The Morgan fingerprint density at radius 2 is 1.77 bits per heavy atom. The lowest BCUT2D eigenvalue weighted by atomic mass is 10.2.